The Morgan fingerprint density at radius 1 is 0.871 bits per heavy atom. The maximum Gasteiger partial charge on any atom is 0.265 e. The minimum absolute atomic E-state index is 0.227. The molecule has 0 bridgehead atoms. The molecule has 0 heterocycles. The fourth-order valence-electron chi connectivity index (χ4n) is 3.30. The van der Waals surface area contributed by atoms with E-state index in [4.69, 9.17) is 4.74 Å². The molecule has 3 aromatic rings. The first kappa shape index (κ1) is 22.1. The van der Waals surface area contributed by atoms with Crippen molar-refractivity contribution in [1.82, 2.24) is 5.32 Å². The topological polar surface area (TPSA) is 67.4 Å². The van der Waals surface area contributed by atoms with E-state index >= 15 is 0 Å². The number of hydrogen-bond acceptors (Lipinski definition) is 3. The Hall–Kier alpha value is -3.60. The first-order valence-electron chi connectivity index (χ1n) is 10.4. The van der Waals surface area contributed by atoms with Crippen LogP contribution in [0.4, 0.5) is 5.69 Å². The molecule has 3 aromatic carbocycles. The molecule has 0 fully saturated rings. The van der Waals surface area contributed by atoms with Crippen LogP contribution in [0.25, 0.3) is 0 Å². The van der Waals surface area contributed by atoms with E-state index in [9.17, 15) is 9.59 Å². The van der Waals surface area contributed by atoms with Gasteiger partial charge >= 0.3 is 0 Å². The van der Waals surface area contributed by atoms with Crippen LogP contribution in [0.5, 0.6) is 5.75 Å². The number of ether oxygens (including phenoxy) is 1. The Morgan fingerprint density at radius 2 is 1.52 bits per heavy atom. The number of nitrogens with one attached hydrogen (secondary N) is 2. The van der Waals surface area contributed by atoms with E-state index in [-0.39, 0.29) is 11.8 Å². The van der Waals surface area contributed by atoms with Gasteiger partial charge in [-0.15, -0.1) is 0 Å². The van der Waals surface area contributed by atoms with Crippen LogP contribution >= 0.6 is 0 Å². The van der Waals surface area contributed by atoms with E-state index in [0.29, 0.717) is 23.5 Å². The van der Waals surface area contributed by atoms with Gasteiger partial charge in [0.05, 0.1) is 11.3 Å². The van der Waals surface area contributed by atoms with Gasteiger partial charge in [-0.05, 0) is 56.0 Å². The number of rotatable bonds is 8. The number of aryl methyl sites for hydroxylation is 2. The maximum absolute atomic E-state index is 12.7. The molecular formula is C26H28N2O3. The van der Waals surface area contributed by atoms with Crippen LogP contribution in [-0.4, -0.2) is 24.5 Å². The fraction of sp³-hybridized carbons (Fsp3) is 0.231. The molecule has 5 heteroatoms. The Kier molecular flexibility index (Phi) is 7.44. The summed E-state index contributed by atoms with van der Waals surface area (Å²) in [4.78, 5) is 25.4. The summed E-state index contributed by atoms with van der Waals surface area (Å²) in [6.07, 6.45) is 0.0240. The minimum atomic E-state index is -0.714. The predicted molar refractivity (Wildman–Crippen MR) is 124 cm³/mol. The zero-order valence-corrected chi connectivity index (χ0v) is 18.1. The van der Waals surface area contributed by atoms with Crippen molar-refractivity contribution in [2.75, 3.05) is 11.9 Å². The smallest absolute Gasteiger partial charge is 0.265 e. The van der Waals surface area contributed by atoms with Crippen LogP contribution in [0.15, 0.2) is 72.8 Å². The minimum Gasteiger partial charge on any atom is -0.480 e. The molecule has 0 aliphatic heterocycles. The molecule has 0 spiro atoms. The van der Waals surface area contributed by atoms with Gasteiger partial charge in [-0.3, -0.25) is 9.59 Å². The zero-order valence-electron chi connectivity index (χ0n) is 18.1. The van der Waals surface area contributed by atoms with Crippen molar-refractivity contribution in [3.8, 4) is 5.75 Å². The van der Waals surface area contributed by atoms with Gasteiger partial charge < -0.3 is 15.4 Å². The Bertz CT molecular complexity index is 1030. The van der Waals surface area contributed by atoms with Gasteiger partial charge in [-0.25, -0.2) is 0 Å². The first-order chi connectivity index (χ1) is 15.0. The molecule has 3 rings (SSSR count). The predicted octanol–water partition coefficient (Wildman–Crippen LogP) is 4.68. The number of hydrogen-bond donors (Lipinski definition) is 2. The quantitative estimate of drug-likeness (QED) is 0.560. The summed E-state index contributed by atoms with van der Waals surface area (Å²) >= 11 is 0. The van der Waals surface area contributed by atoms with E-state index in [2.05, 4.69) is 10.6 Å². The van der Waals surface area contributed by atoms with Gasteiger partial charge in [0.25, 0.3) is 11.8 Å². The molecule has 160 valence electrons. The number of benzene rings is 3. The van der Waals surface area contributed by atoms with Crippen molar-refractivity contribution in [3.05, 3.63) is 95.1 Å². The van der Waals surface area contributed by atoms with Gasteiger partial charge in [-0.1, -0.05) is 60.7 Å². The van der Waals surface area contributed by atoms with Crippen molar-refractivity contribution in [3.63, 3.8) is 0 Å². The normalized spacial score (nSPS) is 11.5. The van der Waals surface area contributed by atoms with Crippen molar-refractivity contribution < 1.29 is 14.3 Å². The van der Waals surface area contributed by atoms with Gasteiger partial charge in [0.15, 0.2) is 6.10 Å². The maximum atomic E-state index is 12.7. The highest BCUT2D eigenvalue weighted by atomic mass is 16.5. The Labute approximate surface area is 183 Å². The second kappa shape index (κ2) is 10.4. The highest BCUT2D eigenvalue weighted by molar-refractivity contribution is 6.04. The van der Waals surface area contributed by atoms with E-state index in [0.717, 1.165) is 23.1 Å². The number of carbonyl (C=O) groups is 2. The molecule has 1 atom stereocenters. The molecule has 0 saturated heterocycles. The van der Waals surface area contributed by atoms with E-state index in [1.165, 1.54) is 0 Å². The number of para-hydroxylation sites is 2. The molecule has 0 aromatic heterocycles. The van der Waals surface area contributed by atoms with E-state index in [1.807, 2.05) is 62.4 Å². The monoisotopic (exact) mass is 416 g/mol. The average molecular weight is 417 g/mol. The van der Waals surface area contributed by atoms with Crippen LogP contribution < -0.4 is 15.4 Å². The van der Waals surface area contributed by atoms with Crippen molar-refractivity contribution >= 4 is 17.5 Å². The second-order valence-corrected chi connectivity index (χ2v) is 7.51. The SMILES string of the molecule is Cc1cccc(C)c1OC(C)C(=O)Nc1ccccc1C(=O)NCCc1ccccc1. The summed E-state index contributed by atoms with van der Waals surface area (Å²) in [6.45, 7) is 6.10. The van der Waals surface area contributed by atoms with Crippen molar-refractivity contribution in [1.29, 1.82) is 0 Å². The molecule has 0 saturated carbocycles. The summed E-state index contributed by atoms with van der Waals surface area (Å²) in [6, 6.07) is 22.8. The van der Waals surface area contributed by atoms with Crippen molar-refractivity contribution in [2.24, 2.45) is 0 Å². The summed E-state index contributed by atoms with van der Waals surface area (Å²) in [7, 11) is 0. The molecule has 0 radical (unpaired) electrons. The van der Waals surface area contributed by atoms with Crippen LogP contribution in [0.2, 0.25) is 0 Å². The summed E-state index contributed by atoms with van der Waals surface area (Å²) in [5.41, 5.74) is 3.97. The fourth-order valence-corrected chi connectivity index (χ4v) is 3.30. The van der Waals surface area contributed by atoms with Crippen LogP contribution in [0.3, 0.4) is 0 Å². The van der Waals surface area contributed by atoms with Crippen molar-refractivity contribution in [2.45, 2.75) is 33.3 Å². The highest BCUT2D eigenvalue weighted by Gasteiger charge is 2.19. The summed E-state index contributed by atoms with van der Waals surface area (Å²) < 4.78 is 5.91. The van der Waals surface area contributed by atoms with Gasteiger partial charge in [0.2, 0.25) is 0 Å². The largest absolute Gasteiger partial charge is 0.480 e. The van der Waals surface area contributed by atoms with Gasteiger partial charge in [0, 0.05) is 6.54 Å². The number of carbonyl (C=O) groups excluding carboxylic acids is 2. The van der Waals surface area contributed by atoms with E-state index in [1.54, 1.807) is 31.2 Å². The second-order valence-electron chi connectivity index (χ2n) is 7.51. The molecule has 0 aliphatic rings. The van der Waals surface area contributed by atoms with Gasteiger partial charge in [-0.2, -0.15) is 0 Å². The zero-order chi connectivity index (χ0) is 22.2. The third-order valence-corrected chi connectivity index (χ3v) is 5.04. The summed E-state index contributed by atoms with van der Waals surface area (Å²) in [5, 5.41) is 5.76. The molecule has 2 N–H and O–H groups in total. The average Bonchev–Trinajstić information content (AvgIpc) is 2.77. The molecule has 1 unspecified atom stereocenters. The third-order valence-electron chi connectivity index (χ3n) is 5.04. The molecular weight excluding hydrogens is 388 g/mol. The molecule has 31 heavy (non-hydrogen) atoms. The molecule has 2 amide bonds. The lowest BCUT2D eigenvalue weighted by Gasteiger charge is -2.19. The first-order valence-corrected chi connectivity index (χ1v) is 10.4. The van der Waals surface area contributed by atoms with Crippen LogP contribution in [0.1, 0.15) is 34.0 Å². The van der Waals surface area contributed by atoms with Gasteiger partial charge in [0.1, 0.15) is 5.75 Å². The Balaban J connectivity index is 1.62. The lowest BCUT2D eigenvalue weighted by Crippen LogP contribution is -2.32. The molecule has 0 aliphatic carbocycles. The van der Waals surface area contributed by atoms with E-state index < -0.39 is 6.10 Å². The highest BCUT2D eigenvalue weighted by Crippen LogP contribution is 2.24. The number of amides is 2. The van der Waals surface area contributed by atoms with Crippen LogP contribution in [-0.2, 0) is 11.2 Å². The van der Waals surface area contributed by atoms with Crippen LogP contribution in [0, 0.1) is 13.8 Å². The summed E-state index contributed by atoms with van der Waals surface area (Å²) in [5.74, 6) is 0.166. The third kappa shape index (κ3) is 5.95. The standard InChI is InChI=1S/C26H28N2O3/c1-18-10-9-11-19(2)24(18)31-20(3)25(29)28-23-15-8-7-14-22(23)26(30)27-17-16-21-12-5-4-6-13-21/h4-15,20H,16-17H2,1-3H3,(H,27,30)(H,28,29). The number of anilines is 1. The molecule has 5 nitrogen and oxygen atoms in total. The lowest BCUT2D eigenvalue weighted by molar-refractivity contribution is -0.122. The Morgan fingerprint density at radius 3 is 2.23 bits per heavy atom. The lowest BCUT2D eigenvalue weighted by atomic mass is 10.1.